The van der Waals surface area contributed by atoms with Gasteiger partial charge in [-0.25, -0.2) is 0 Å². The molecule has 1 N–H and O–H groups in total. The highest BCUT2D eigenvalue weighted by molar-refractivity contribution is 6.02. The summed E-state index contributed by atoms with van der Waals surface area (Å²) in [5, 5.41) is 11.5. The van der Waals surface area contributed by atoms with Crippen LogP contribution in [0.3, 0.4) is 0 Å². The summed E-state index contributed by atoms with van der Waals surface area (Å²) in [6.07, 6.45) is 3.83. The van der Waals surface area contributed by atoms with Crippen LogP contribution in [0.2, 0.25) is 0 Å². The van der Waals surface area contributed by atoms with Crippen molar-refractivity contribution in [3.05, 3.63) is 46.5 Å². The first-order chi connectivity index (χ1) is 14.7. The summed E-state index contributed by atoms with van der Waals surface area (Å²) in [7, 11) is 3.36. The van der Waals surface area contributed by atoms with Gasteiger partial charge in [0.1, 0.15) is 17.1 Å². The molecule has 3 rings (SSSR count). The molecular formula is C26H35NO4. The maximum atomic E-state index is 13.4. The lowest BCUT2D eigenvalue weighted by atomic mass is 9.83. The molecule has 31 heavy (non-hydrogen) atoms. The first-order valence-electron chi connectivity index (χ1n) is 11.1. The largest absolute Gasteiger partial charge is 0.506 e. The minimum absolute atomic E-state index is 0.0145. The van der Waals surface area contributed by atoms with Gasteiger partial charge >= 0.3 is 0 Å². The number of nitrogens with zero attached hydrogens (tertiary/aromatic N) is 1. The molecule has 1 aliphatic heterocycles. The van der Waals surface area contributed by atoms with Gasteiger partial charge in [0.05, 0.1) is 17.7 Å². The van der Waals surface area contributed by atoms with E-state index in [-0.39, 0.29) is 11.7 Å². The monoisotopic (exact) mass is 425 g/mol. The van der Waals surface area contributed by atoms with E-state index in [0.29, 0.717) is 30.0 Å². The molecule has 0 unspecified atom stereocenters. The number of fused-ring (bicyclic) bond motifs is 3. The molecule has 0 spiro atoms. The first-order valence-corrected chi connectivity index (χ1v) is 11.1. The lowest BCUT2D eigenvalue weighted by Crippen LogP contribution is -2.32. The Bertz CT molecular complexity index is 964. The molecule has 0 fully saturated rings. The van der Waals surface area contributed by atoms with E-state index in [4.69, 9.17) is 9.47 Å². The van der Waals surface area contributed by atoms with Crippen LogP contribution >= 0.6 is 0 Å². The molecular weight excluding hydrogens is 390 g/mol. The molecule has 0 aromatic heterocycles. The predicted molar refractivity (Wildman–Crippen MR) is 124 cm³/mol. The van der Waals surface area contributed by atoms with Gasteiger partial charge in [0, 0.05) is 26.3 Å². The highest BCUT2D eigenvalue weighted by Crippen LogP contribution is 2.51. The smallest absolute Gasteiger partial charge is 0.257 e. The highest BCUT2D eigenvalue weighted by Gasteiger charge is 2.36. The van der Waals surface area contributed by atoms with E-state index in [1.54, 1.807) is 19.1 Å². The van der Waals surface area contributed by atoms with Crippen LogP contribution < -0.4 is 4.74 Å². The molecule has 2 aromatic carbocycles. The van der Waals surface area contributed by atoms with Gasteiger partial charge in [-0.05, 0) is 50.8 Å². The standard InChI is InChI=1S/C26H35NO4/c1-7-8-9-10-18-16-21-23(24(28)22(18)25(29)27(5)13-14-30-6)19-15-17(2)11-12-20(19)26(3,4)31-21/h11-12,15-16,28H,7-10,13-14H2,1-6H3. The lowest BCUT2D eigenvalue weighted by molar-refractivity contribution is 0.0739. The van der Waals surface area contributed by atoms with Crippen molar-refractivity contribution in [2.75, 3.05) is 27.3 Å². The van der Waals surface area contributed by atoms with Crippen molar-refractivity contribution in [3.63, 3.8) is 0 Å². The number of ether oxygens (including phenoxy) is 2. The van der Waals surface area contributed by atoms with Crippen LogP contribution in [0.1, 0.15) is 67.1 Å². The van der Waals surface area contributed by atoms with Crippen LogP contribution in [0.25, 0.3) is 11.1 Å². The summed E-state index contributed by atoms with van der Waals surface area (Å²) < 4.78 is 11.5. The minimum Gasteiger partial charge on any atom is -0.506 e. The number of rotatable bonds is 8. The van der Waals surface area contributed by atoms with Crippen LogP contribution in [-0.4, -0.2) is 43.2 Å². The van der Waals surface area contributed by atoms with Crippen LogP contribution in [0.4, 0.5) is 0 Å². The topological polar surface area (TPSA) is 59.0 Å². The van der Waals surface area contributed by atoms with Gasteiger partial charge in [0.25, 0.3) is 5.91 Å². The third-order valence-electron chi connectivity index (χ3n) is 6.05. The number of benzene rings is 2. The van der Waals surface area contributed by atoms with Gasteiger partial charge in [-0.3, -0.25) is 4.79 Å². The Hall–Kier alpha value is -2.53. The number of likely N-dealkylation sites (N-methyl/N-ethyl adjacent to an activating group) is 1. The second-order valence-corrected chi connectivity index (χ2v) is 8.97. The van der Waals surface area contributed by atoms with E-state index in [2.05, 4.69) is 25.1 Å². The Morgan fingerprint density at radius 1 is 1.23 bits per heavy atom. The second-order valence-electron chi connectivity index (χ2n) is 8.97. The van der Waals surface area contributed by atoms with Crippen molar-refractivity contribution >= 4 is 5.91 Å². The maximum Gasteiger partial charge on any atom is 0.257 e. The van der Waals surface area contributed by atoms with Crippen molar-refractivity contribution in [1.82, 2.24) is 4.90 Å². The zero-order valence-corrected chi connectivity index (χ0v) is 19.7. The van der Waals surface area contributed by atoms with Gasteiger partial charge in [0.15, 0.2) is 0 Å². The summed E-state index contributed by atoms with van der Waals surface area (Å²) in [4.78, 5) is 15.0. The number of phenols is 1. The number of carbonyl (C=O) groups excluding carboxylic acids is 1. The lowest BCUT2D eigenvalue weighted by Gasteiger charge is -2.36. The number of aryl methyl sites for hydroxylation is 2. The molecule has 0 saturated heterocycles. The summed E-state index contributed by atoms with van der Waals surface area (Å²) in [5.41, 5.74) is 4.34. The molecule has 5 heteroatoms. The predicted octanol–water partition coefficient (Wildman–Crippen LogP) is 5.45. The molecule has 0 aliphatic carbocycles. The van der Waals surface area contributed by atoms with E-state index in [1.807, 2.05) is 26.8 Å². The van der Waals surface area contributed by atoms with E-state index in [0.717, 1.165) is 47.9 Å². The summed E-state index contributed by atoms with van der Waals surface area (Å²) in [6.45, 7) is 9.16. The normalized spacial score (nSPS) is 13.9. The fraction of sp³-hybridized carbons (Fsp3) is 0.500. The Morgan fingerprint density at radius 2 is 1.97 bits per heavy atom. The van der Waals surface area contributed by atoms with Crippen LogP contribution in [0.15, 0.2) is 24.3 Å². The molecule has 0 saturated carbocycles. The number of carbonyl (C=O) groups is 1. The van der Waals surface area contributed by atoms with Crippen LogP contribution in [0.5, 0.6) is 11.5 Å². The third-order valence-corrected chi connectivity index (χ3v) is 6.05. The van der Waals surface area contributed by atoms with E-state index in [1.165, 1.54) is 0 Å². The number of hydrogen-bond donors (Lipinski definition) is 1. The zero-order chi connectivity index (χ0) is 22.8. The zero-order valence-electron chi connectivity index (χ0n) is 19.7. The van der Waals surface area contributed by atoms with Gasteiger partial charge in [-0.15, -0.1) is 0 Å². The number of phenolic OH excluding ortho intramolecular Hbond substituents is 1. The fourth-order valence-corrected chi connectivity index (χ4v) is 4.28. The number of aromatic hydroxyl groups is 1. The molecule has 0 radical (unpaired) electrons. The maximum absolute atomic E-state index is 13.4. The van der Waals surface area contributed by atoms with Gasteiger partial charge in [0.2, 0.25) is 0 Å². The van der Waals surface area contributed by atoms with Crippen molar-refractivity contribution in [2.24, 2.45) is 0 Å². The van der Waals surface area contributed by atoms with Gasteiger partial charge < -0.3 is 19.5 Å². The summed E-state index contributed by atoms with van der Waals surface area (Å²) >= 11 is 0. The quantitative estimate of drug-likeness (QED) is 0.572. The van der Waals surface area contributed by atoms with Gasteiger partial charge in [-0.1, -0.05) is 43.5 Å². The van der Waals surface area contributed by atoms with Crippen molar-refractivity contribution in [1.29, 1.82) is 0 Å². The highest BCUT2D eigenvalue weighted by atomic mass is 16.5. The van der Waals surface area contributed by atoms with Gasteiger partial charge in [-0.2, -0.15) is 0 Å². The Kier molecular flexibility index (Phi) is 6.95. The number of hydrogen-bond acceptors (Lipinski definition) is 4. The molecule has 2 aromatic rings. The molecule has 0 bridgehead atoms. The number of amides is 1. The molecule has 1 amide bonds. The number of methoxy groups -OCH3 is 1. The van der Waals surface area contributed by atoms with E-state index >= 15 is 0 Å². The average Bonchev–Trinajstić information content (AvgIpc) is 2.71. The third kappa shape index (κ3) is 4.57. The van der Waals surface area contributed by atoms with Crippen molar-refractivity contribution in [2.45, 2.75) is 59.0 Å². The molecule has 0 atom stereocenters. The Balaban J connectivity index is 2.19. The van der Waals surface area contributed by atoms with Crippen LogP contribution in [-0.2, 0) is 16.8 Å². The Labute approximate surface area is 186 Å². The average molecular weight is 426 g/mol. The minimum atomic E-state index is -0.524. The molecule has 1 heterocycles. The van der Waals surface area contributed by atoms with Crippen molar-refractivity contribution in [3.8, 4) is 22.6 Å². The molecule has 168 valence electrons. The Morgan fingerprint density at radius 3 is 2.65 bits per heavy atom. The van der Waals surface area contributed by atoms with E-state index in [9.17, 15) is 9.90 Å². The molecule has 5 nitrogen and oxygen atoms in total. The van der Waals surface area contributed by atoms with E-state index < -0.39 is 5.60 Å². The summed E-state index contributed by atoms with van der Waals surface area (Å²) in [6, 6.07) is 8.14. The fourth-order valence-electron chi connectivity index (χ4n) is 4.28. The SMILES string of the molecule is CCCCCc1cc2c(c(O)c1C(=O)N(C)CCOC)-c1cc(C)ccc1C(C)(C)O2. The number of unbranched alkanes of at least 4 members (excludes halogenated alkanes) is 2. The van der Waals surface area contributed by atoms with Crippen molar-refractivity contribution < 1.29 is 19.4 Å². The molecule has 1 aliphatic rings. The second kappa shape index (κ2) is 9.31. The summed E-state index contributed by atoms with van der Waals surface area (Å²) in [5.74, 6) is 0.465. The first kappa shape index (κ1) is 23.1. The van der Waals surface area contributed by atoms with Crippen LogP contribution in [0, 0.1) is 6.92 Å².